The highest BCUT2D eigenvalue weighted by Crippen LogP contribution is 2.30. The number of nitrogens with two attached hydrogens (primary N) is 1. The molecule has 0 aliphatic heterocycles. The summed E-state index contributed by atoms with van der Waals surface area (Å²) in [4.78, 5) is 27.3. The Morgan fingerprint density at radius 2 is 2.00 bits per heavy atom. The SMILES string of the molecule is NC(=O)[C@@H]1CC[C@H](NC(=O)c2ccc3[nH]c4c(c3c2)CCCC4)C1. The molecule has 1 fully saturated rings. The molecule has 0 bridgehead atoms. The van der Waals surface area contributed by atoms with E-state index in [1.807, 2.05) is 18.2 Å². The van der Waals surface area contributed by atoms with Crippen LogP contribution in [0.2, 0.25) is 0 Å². The van der Waals surface area contributed by atoms with Crippen molar-refractivity contribution in [2.75, 3.05) is 0 Å². The van der Waals surface area contributed by atoms with Gasteiger partial charge in [0.25, 0.3) is 5.91 Å². The summed E-state index contributed by atoms with van der Waals surface area (Å²) in [6, 6.07) is 5.93. The van der Waals surface area contributed by atoms with Crippen molar-refractivity contribution < 1.29 is 9.59 Å². The van der Waals surface area contributed by atoms with Gasteiger partial charge in [-0.25, -0.2) is 0 Å². The fraction of sp³-hybridized carbons (Fsp3) is 0.474. The van der Waals surface area contributed by atoms with Gasteiger partial charge in [-0.05, 0) is 68.7 Å². The molecule has 2 atom stereocenters. The molecule has 0 spiro atoms. The molecule has 4 N–H and O–H groups in total. The summed E-state index contributed by atoms with van der Waals surface area (Å²) in [6.45, 7) is 0. The predicted molar refractivity (Wildman–Crippen MR) is 92.7 cm³/mol. The van der Waals surface area contributed by atoms with Crippen LogP contribution < -0.4 is 11.1 Å². The quantitative estimate of drug-likeness (QED) is 0.809. The van der Waals surface area contributed by atoms with Crippen molar-refractivity contribution in [3.05, 3.63) is 35.0 Å². The first-order chi connectivity index (χ1) is 11.6. The molecule has 1 aromatic carbocycles. The molecule has 0 radical (unpaired) electrons. The van der Waals surface area contributed by atoms with Crippen molar-refractivity contribution in [1.82, 2.24) is 10.3 Å². The average Bonchev–Trinajstić information content (AvgIpc) is 3.18. The number of rotatable bonds is 3. The third-order valence-corrected chi connectivity index (χ3v) is 5.53. The number of amides is 2. The number of primary amides is 1. The fourth-order valence-electron chi connectivity index (χ4n) is 4.19. The number of benzene rings is 1. The maximum Gasteiger partial charge on any atom is 0.251 e. The molecule has 0 saturated heterocycles. The maximum absolute atomic E-state index is 12.6. The molecule has 5 nitrogen and oxygen atoms in total. The van der Waals surface area contributed by atoms with Crippen LogP contribution in [0.15, 0.2) is 18.2 Å². The Hall–Kier alpha value is -2.30. The first kappa shape index (κ1) is 15.2. The third kappa shape index (κ3) is 2.68. The van der Waals surface area contributed by atoms with Crippen LogP contribution in [0.5, 0.6) is 0 Å². The second-order valence-corrected chi connectivity index (χ2v) is 7.13. The van der Waals surface area contributed by atoms with Gasteiger partial charge in [-0.3, -0.25) is 9.59 Å². The smallest absolute Gasteiger partial charge is 0.251 e. The van der Waals surface area contributed by atoms with Gasteiger partial charge < -0.3 is 16.0 Å². The predicted octanol–water partition coefficient (Wildman–Crippen LogP) is 2.43. The van der Waals surface area contributed by atoms with E-state index in [-0.39, 0.29) is 23.8 Å². The molecule has 126 valence electrons. The lowest BCUT2D eigenvalue weighted by molar-refractivity contribution is -0.121. The zero-order valence-electron chi connectivity index (χ0n) is 13.7. The molecular weight excluding hydrogens is 302 g/mol. The third-order valence-electron chi connectivity index (χ3n) is 5.53. The minimum atomic E-state index is -0.257. The number of aromatic nitrogens is 1. The summed E-state index contributed by atoms with van der Waals surface area (Å²) >= 11 is 0. The first-order valence-corrected chi connectivity index (χ1v) is 8.85. The Labute approximate surface area is 141 Å². The van der Waals surface area contributed by atoms with Crippen LogP contribution in [0.4, 0.5) is 0 Å². The van der Waals surface area contributed by atoms with Crippen LogP contribution >= 0.6 is 0 Å². The minimum Gasteiger partial charge on any atom is -0.369 e. The molecule has 2 amide bonds. The van der Waals surface area contributed by atoms with Crippen molar-refractivity contribution in [2.24, 2.45) is 11.7 Å². The van der Waals surface area contributed by atoms with E-state index in [1.54, 1.807) is 0 Å². The van der Waals surface area contributed by atoms with Gasteiger partial charge in [0, 0.05) is 34.1 Å². The van der Waals surface area contributed by atoms with Crippen molar-refractivity contribution in [3.8, 4) is 0 Å². The largest absolute Gasteiger partial charge is 0.369 e. The zero-order chi connectivity index (χ0) is 16.7. The lowest BCUT2D eigenvalue weighted by Crippen LogP contribution is -2.33. The number of hydrogen-bond donors (Lipinski definition) is 3. The number of carbonyl (C=O) groups excluding carboxylic acids is 2. The highest BCUT2D eigenvalue weighted by Gasteiger charge is 2.29. The maximum atomic E-state index is 12.6. The van der Waals surface area contributed by atoms with E-state index in [0.29, 0.717) is 12.0 Å². The lowest BCUT2D eigenvalue weighted by atomic mass is 9.95. The number of aromatic amines is 1. The number of H-pyrrole nitrogens is 1. The van der Waals surface area contributed by atoms with Crippen LogP contribution in [-0.2, 0) is 17.6 Å². The fourth-order valence-corrected chi connectivity index (χ4v) is 4.19. The Morgan fingerprint density at radius 3 is 2.79 bits per heavy atom. The van der Waals surface area contributed by atoms with Crippen LogP contribution in [-0.4, -0.2) is 22.8 Å². The van der Waals surface area contributed by atoms with Crippen LogP contribution in [0.3, 0.4) is 0 Å². The molecule has 1 aromatic heterocycles. The summed E-state index contributed by atoms with van der Waals surface area (Å²) in [5.41, 5.74) is 9.88. The Morgan fingerprint density at radius 1 is 1.17 bits per heavy atom. The molecule has 1 saturated carbocycles. The molecular formula is C19H23N3O2. The summed E-state index contributed by atoms with van der Waals surface area (Å²) in [7, 11) is 0. The monoisotopic (exact) mass is 325 g/mol. The Bertz CT molecular complexity index is 808. The molecule has 0 unspecified atom stereocenters. The molecule has 1 heterocycles. The highest BCUT2D eigenvalue weighted by atomic mass is 16.2. The van der Waals surface area contributed by atoms with Gasteiger partial charge in [0.15, 0.2) is 0 Å². The van der Waals surface area contributed by atoms with Gasteiger partial charge >= 0.3 is 0 Å². The average molecular weight is 325 g/mol. The summed E-state index contributed by atoms with van der Waals surface area (Å²) in [5.74, 6) is -0.417. The summed E-state index contributed by atoms with van der Waals surface area (Å²) in [5, 5.41) is 4.24. The van der Waals surface area contributed by atoms with Gasteiger partial charge in [-0.2, -0.15) is 0 Å². The normalized spacial score (nSPS) is 23.2. The minimum absolute atomic E-state index is 0.0471. The van der Waals surface area contributed by atoms with Gasteiger partial charge in [0.2, 0.25) is 5.91 Å². The number of aryl methyl sites for hydroxylation is 2. The van der Waals surface area contributed by atoms with Crippen LogP contribution in [0, 0.1) is 5.92 Å². The summed E-state index contributed by atoms with van der Waals surface area (Å²) in [6.07, 6.45) is 6.88. The van der Waals surface area contributed by atoms with Crippen molar-refractivity contribution in [2.45, 2.75) is 51.0 Å². The van der Waals surface area contributed by atoms with E-state index in [9.17, 15) is 9.59 Å². The number of fused-ring (bicyclic) bond motifs is 3. The molecule has 5 heteroatoms. The number of nitrogens with one attached hydrogen (secondary N) is 2. The number of hydrogen-bond acceptors (Lipinski definition) is 2. The van der Waals surface area contributed by atoms with E-state index >= 15 is 0 Å². The lowest BCUT2D eigenvalue weighted by Gasteiger charge is -2.13. The van der Waals surface area contributed by atoms with E-state index in [0.717, 1.165) is 31.2 Å². The van der Waals surface area contributed by atoms with Crippen LogP contribution in [0.25, 0.3) is 10.9 Å². The van der Waals surface area contributed by atoms with E-state index in [4.69, 9.17) is 5.73 Å². The molecule has 4 rings (SSSR count). The second kappa shape index (κ2) is 5.96. The topological polar surface area (TPSA) is 88.0 Å². The van der Waals surface area contributed by atoms with E-state index in [2.05, 4.69) is 10.3 Å². The van der Waals surface area contributed by atoms with Crippen molar-refractivity contribution in [1.29, 1.82) is 0 Å². The highest BCUT2D eigenvalue weighted by molar-refractivity contribution is 5.99. The zero-order valence-corrected chi connectivity index (χ0v) is 13.7. The van der Waals surface area contributed by atoms with E-state index in [1.165, 1.54) is 29.5 Å². The summed E-state index contributed by atoms with van der Waals surface area (Å²) < 4.78 is 0. The van der Waals surface area contributed by atoms with Gasteiger partial charge in [0.05, 0.1) is 0 Å². The molecule has 2 aliphatic rings. The molecule has 2 aliphatic carbocycles. The standard InChI is InChI=1S/C19H23N3O2/c20-18(23)11-5-7-13(9-11)21-19(24)12-6-8-17-15(10-12)14-3-1-2-4-16(14)22-17/h6,8,10-11,13,22H,1-5,7,9H2,(H2,20,23)(H,21,24)/t11-,13+/m1/s1. The molecule has 24 heavy (non-hydrogen) atoms. The van der Waals surface area contributed by atoms with Gasteiger partial charge in [-0.1, -0.05) is 0 Å². The van der Waals surface area contributed by atoms with Crippen LogP contribution in [0.1, 0.15) is 53.7 Å². The Kier molecular flexibility index (Phi) is 3.79. The van der Waals surface area contributed by atoms with Crippen molar-refractivity contribution >= 4 is 22.7 Å². The first-order valence-electron chi connectivity index (χ1n) is 8.85. The van der Waals surface area contributed by atoms with Gasteiger partial charge in [-0.15, -0.1) is 0 Å². The van der Waals surface area contributed by atoms with Gasteiger partial charge in [0.1, 0.15) is 0 Å². The number of carbonyl (C=O) groups is 2. The Balaban J connectivity index is 1.53. The molecule has 2 aromatic rings. The van der Waals surface area contributed by atoms with E-state index < -0.39 is 0 Å². The second-order valence-electron chi connectivity index (χ2n) is 7.13. The van der Waals surface area contributed by atoms with Crippen molar-refractivity contribution in [3.63, 3.8) is 0 Å².